The van der Waals surface area contributed by atoms with Gasteiger partial charge in [0, 0.05) is 5.92 Å². The molecule has 0 heterocycles. The second kappa shape index (κ2) is 4.74. The molecule has 0 spiro atoms. The average molecular weight is 230 g/mol. The minimum Gasteiger partial charge on any atom is -0.466 e. The van der Waals surface area contributed by atoms with E-state index in [2.05, 4.69) is 25.1 Å². The summed E-state index contributed by atoms with van der Waals surface area (Å²) in [5.74, 6) is -0.0537. The lowest BCUT2D eigenvalue weighted by atomic mass is 9.85. The molecule has 0 aromatic heterocycles. The predicted octanol–water partition coefficient (Wildman–Crippen LogP) is 3.39. The van der Waals surface area contributed by atoms with Crippen LogP contribution in [0.2, 0.25) is 0 Å². The van der Waals surface area contributed by atoms with E-state index in [1.54, 1.807) is 0 Å². The molecular weight excluding hydrogens is 212 g/mol. The monoisotopic (exact) mass is 230 g/mol. The summed E-state index contributed by atoms with van der Waals surface area (Å²) in [7, 11) is 0. The average Bonchev–Trinajstić information content (AvgIpc) is 2.64. The highest BCUT2D eigenvalue weighted by Crippen LogP contribution is 2.41. The Morgan fingerprint density at radius 1 is 1.41 bits per heavy atom. The molecule has 1 aliphatic rings. The quantitative estimate of drug-likeness (QED) is 0.744. The molecule has 0 saturated heterocycles. The Hall–Kier alpha value is -1.57. The Kier molecular flexibility index (Phi) is 3.32. The van der Waals surface area contributed by atoms with E-state index in [1.807, 2.05) is 26.0 Å². The molecule has 0 bridgehead atoms. The number of carbonyl (C=O) groups is 1. The molecule has 2 nitrogen and oxygen atoms in total. The van der Waals surface area contributed by atoms with E-state index in [0.29, 0.717) is 6.61 Å². The van der Waals surface area contributed by atoms with Crippen LogP contribution in [0.3, 0.4) is 0 Å². The van der Waals surface area contributed by atoms with E-state index >= 15 is 0 Å². The molecule has 0 amide bonds. The van der Waals surface area contributed by atoms with Crippen LogP contribution < -0.4 is 0 Å². The summed E-state index contributed by atoms with van der Waals surface area (Å²) in [6.07, 6.45) is 2.16. The van der Waals surface area contributed by atoms with Gasteiger partial charge in [-0.1, -0.05) is 42.8 Å². The summed E-state index contributed by atoms with van der Waals surface area (Å²) in [4.78, 5) is 11.8. The Balaban J connectivity index is 2.28. The van der Waals surface area contributed by atoms with Crippen LogP contribution in [0.5, 0.6) is 0 Å². The minimum atomic E-state index is -0.116. The lowest BCUT2D eigenvalue weighted by molar-refractivity contribution is -0.147. The van der Waals surface area contributed by atoms with Gasteiger partial charge in [0.2, 0.25) is 0 Å². The summed E-state index contributed by atoms with van der Waals surface area (Å²) in [6.45, 7) is 6.32. The highest BCUT2D eigenvalue weighted by molar-refractivity contribution is 5.77. The maximum atomic E-state index is 11.8. The molecule has 0 radical (unpaired) electrons. The van der Waals surface area contributed by atoms with Crippen LogP contribution >= 0.6 is 0 Å². The summed E-state index contributed by atoms with van der Waals surface area (Å²) in [5.41, 5.74) is 3.71. The van der Waals surface area contributed by atoms with Gasteiger partial charge in [-0.25, -0.2) is 0 Å². The molecule has 0 aliphatic heterocycles. The first-order chi connectivity index (χ1) is 8.15. The molecule has 0 fully saturated rings. The van der Waals surface area contributed by atoms with Gasteiger partial charge in [-0.05, 0) is 25.0 Å². The van der Waals surface area contributed by atoms with Crippen molar-refractivity contribution in [1.29, 1.82) is 0 Å². The normalized spacial score (nSPS) is 19.5. The van der Waals surface area contributed by atoms with E-state index in [1.165, 1.54) is 16.7 Å². The van der Waals surface area contributed by atoms with Gasteiger partial charge in [-0.15, -0.1) is 0 Å². The van der Waals surface area contributed by atoms with Crippen LogP contribution in [-0.2, 0) is 9.53 Å². The van der Waals surface area contributed by atoms with Crippen LogP contribution in [0.25, 0.3) is 6.08 Å². The number of hydrogen-bond acceptors (Lipinski definition) is 2. The second-order valence-corrected chi connectivity index (χ2v) is 4.54. The zero-order valence-electron chi connectivity index (χ0n) is 10.6. The first-order valence-corrected chi connectivity index (χ1v) is 6.09. The fraction of sp³-hybridized carbons (Fsp3) is 0.400. The van der Waals surface area contributed by atoms with Gasteiger partial charge in [0.25, 0.3) is 0 Å². The number of benzene rings is 1. The van der Waals surface area contributed by atoms with Gasteiger partial charge in [0.15, 0.2) is 0 Å². The van der Waals surface area contributed by atoms with Gasteiger partial charge >= 0.3 is 5.97 Å². The fourth-order valence-electron chi connectivity index (χ4n) is 2.58. The molecule has 17 heavy (non-hydrogen) atoms. The molecule has 0 saturated carbocycles. The van der Waals surface area contributed by atoms with Crippen LogP contribution in [-0.4, -0.2) is 12.6 Å². The molecular formula is C15H18O2. The van der Waals surface area contributed by atoms with Crippen LogP contribution in [0.4, 0.5) is 0 Å². The number of ether oxygens (including phenoxy) is 1. The third-order valence-electron chi connectivity index (χ3n) is 3.36. The number of carbonyl (C=O) groups excluding carboxylic acids is 1. The van der Waals surface area contributed by atoms with Crippen molar-refractivity contribution < 1.29 is 9.53 Å². The molecule has 2 unspecified atom stereocenters. The standard InChI is InChI=1S/C15H18O2/c1-4-17-15(16)11(3)14-10(2)9-12-7-5-6-8-13(12)14/h5-9,11,14H,4H2,1-3H3. The fourth-order valence-corrected chi connectivity index (χ4v) is 2.58. The molecule has 1 aliphatic carbocycles. The minimum absolute atomic E-state index is 0.109. The summed E-state index contributed by atoms with van der Waals surface area (Å²) in [6, 6.07) is 8.25. The van der Waals surface area contributed by atoms with Gasteiger partial charge in [-0.3, -0.25) is 4.79 Å². The maximum Gasteiger partial charge on any atom is 0.309 e. The molecule has 2 atom stereocenters. The third kappa shape index (κ3) is 2.12. The Labute approximate surface area is 102 Å². The van der Waals surface area contributed by atoms with Gasteiger partial charge < -0.3 is 4.74 Å². The zero-order valence-corrected chi connectivity index (χ0v) is 10.6. The van der Waals surface area contributed by atoms with Crippen molar-refractivity contribution in [2.45, 2.75) is 26.7 Å². The Bertz CT molecular complexity index is 460. The zero-order chi connectivity index (χ0) is 12.4. The lowest BCUT2D eigenvalue weighted by Gasteiger charge is -2.20. The number of fused-ring (bicyclic) bond motifs is 1. The second-order valence-electron chi connectivity index (χ2n) is 4.54. The van der Waals surface area contributed by atoms with Gasteiger partial charge in [-0.2, -0.15) is 0 Å². The molecule has 90 valence electrons. The summed E-state index contributed by atoms with van der Waals surface area (Å²) in [5, 5.41) is 0. The van der Waals surface area contributed by atoms with Crippen molar-refractivity contribution in [3.05, 3.63) is 41.0 Å². The number of esters is 1. The molecule has 2 heteroatoms. The number of allylic oxidation sites excluding steroid dienone is 1. The van der Waals surface area contributed by atoms with Crippen molar-refractivity contribution in [3.8, 4) is 0 Å². The lowest BCUT2D eigenvalue weighted by Crippen LogP contribution is -2.21. The van der Waals surface area contributed by atoms with Crippen LogP contribution in [0.15, 0.2) is 29.8 Å². The van der Waals surface area contributed by atoms with Crippen molar-refractivity contribution in [2.75, 3.05) is 6.61 Å². The third-order valence-corrected chi connectivity index (χ3v) is 3.36. The van der Waals surface area contributed by atoms with E-state index in [9.17, 15) is 4.79 Å². The van der Waals surface area contributed by atoms with E-state index in [-0.39, 0.29) is 17.8 Å². The van der Waals surface area contributed by atoms with E-state index in [4.69, 9.17) is 4.74 Å². The molecule has 2 rings (SSSR count). The van der Waals surface area contributed by atoms with E-state index in [0.717, 1.165) is 0 Å². The molecule has 1 aromatic rings. The van der Waals surface area contributed by atoms with Crippen molar-refractivity contribution in [3.63, 3.8) is 0 Å². The Morgan fingerprint density at radius 3 is 2.82 bits per heavy atom. The van der Waals surface area contributed by atoms with Gasteiger partial charge in [0.1, 0.15) is 0 Å². The van der Waals surface area contributed by atoms with Crippen molar-refractivity contribution in [2.24, 2.45) is 5.92 Å². The summed E-state index contributed by atoms with van der Waals surface area (Å²) >= 11 is 0. The summed E-state index contributed by atoms with van der Waals surface area (Å²) < 4.78 is 5.11. The molecule has 1 aromatic carbocycles. The Morgan fingerprint density at radius 2 is 2.12 bits per heavy atom. The predicted molar refractivity (Wildman–Crippen MR) is 68.6 cm³/mol. The number of rotatable bonds is 3. The maximum absolute atomic E-state index is 11.8. The highest BCUT2D eigenvalue weighted by Gasteiger charge is 2.32. The highest BCUT2D eigenvalue weighted by atomic mass is 16.5. The van der Waals surface area contributed by atoms with Crippen molar-refractivity contribution >= 4 is 12.0 Å². The number of hydrogen-bond donors (Lipinski definition) is 0. The molecule has 0 N–H and O–H groups in total. The van der Waals surface area contributed by atoms with Gasteiger partial charge in [0.05, 0.1) is 12.5 Å². The van der Waals surface area contributed by atoms with Crippen LogP contribution in [0, 0.1) is 5.92 Å². The smallest absolute Gasteiger partial charge is 0.309 e. The van der Waals surface area contributed by atoms with E-state index < -0.39 is 0 Å². The topological polar surface area (TPSA) is 26.3 Å². The first-order valence-electron chi connectivity index (χ1n) is 6.09. The van der Waals surface area contributed by atoms with Crippen molar-refractivity contribution in [1.82, 2.24) is 0 Å². The van der Waals surface area contributed by atoms with Crippen LogP contribution in [0.1, 0.15) is 37.8 Å². The SMILES string of the molecule is CCOC(=O)C(C)C1C(C)=Cc2ccccc21. The first kappa shape index (κ1) is 11.9. The largest absolute Gasteiger partial charge is 0.466 e.